The van der Waals surface area contributed by atoms with Gasteiger partial charge in [0.15, 0.2) is 11.6 Å². The summed E-state index contributed by atoms with van der Waals surface area (Å²) >= 11 is 5.99. The largest absolute Gasteiger partial charge is 0.204 e. The zero-order valence-electron chi connectivity index (χ0n) is 17.2. The number of halogens is 3. The first-order valence-corrected chi connectivity index (χ1v) is 9.75. The molecule has 0 atom stereocenters. The minimum Gasteiger partial charge on any atom is -0.204 e. The molecule has 0 fully saturated rings. The van der Waals surface area contributed by atoms with Gasteiger partial charge in [-0.05, 0) is 54.7 Å². The lowest BCUT2D eigenvalue weighted by Crippen LogP contribution is -1.85. The lowest BCUT2D eigenvalue weighted by Gasteiger charge is -1.97. The third-order valence-corrected chi connectivity index (χ3v) is 3.98. The van der Waals surface area contributed by atoms with E-state index in [9.17, 15) is 8.78 Å². The fraction of sp³-hybridized carbons (Fsp3) is 0.385. The topological polar surface area (TPSA) is 0 Å². The van der Waals surface area contributed by atoms with E-state index in [0.717, 1.165) is 41.1 Å². The van der Waals surface area contributed by atoms with Crippen molar-refractivity contribution in [2.75, 3.05) is 0 Å². The highest BCUT2D eigenvalue weighted by Crippen LogP contribution is 2.16. The summed E-state index contributed by atoms with van der Waals surface area (Å²) in [5.41, 5.74) is 2.62. The van der Waals surface area contributed by atoms with Crippen LogP contribution < -0.4 is 0 Å². The van der Waals surface area contributed by atoms with E-state index in [0.29, 0.717) is 17.4 Å². The first-order chi connectivity index (χ1) is 13.2. The molecule has 29 heavy (non-hydrogen) atoms. The highest BCUT2D eigenvalue weighted by Gasteiger charge is 1.99. The molecule has 156 valence electrons. The fourth-order valence-corrected chi connectivity index (χ4v) is 2.14. The van der Waals surface area contributed by atoms with Crippen LogP contribution in [-0.4, -0.2) is 0 Å². The number of hydrogen-bond acceptors (Lipinski definition) is 0. The van der Waals surface area contributed by atoms with Crippen molar-refractivity contribution in [1.29, 1.82) is 0 Å². The highest BCUT2D eigenvalue weighted by molar-refractivity contribution is 6.31. The van der Waals surface area contributed by atoms with Gasteiger partial charge < -0.3 is 0 Å². The lowest BCUT2D eigenvalue weighted by molar-refractivity contribution is 0.508. The molecule has 0 N–H and O–H groups in total. The molecule has 0 saturated carbocycles. The Bertz CT molecular complexity index is 815. The SMILES string of the molecule is C.CC(C)CC#Cc1ccc(F)c(F)c1.Cc1ccc(C#CCC(C)C)cc1Cl. The van der Waals surface area contributed by atoms with Crippen LogP contribution in [0.25, 0.3) is 0 Å². The molecule has 0 aromatic heterocycles. The van der Waals surface area contributed by atoms with Gasteiger partial charge in [-0.15, -0.1) is 0 Å². The highest BCUT2D eigenvalue weighted by atomic mass is 35.5. The van der Waals surface area contributed by atoms with Gasteiger partial charge in [0.05, 0.1) is 0 Å². The van der Waals surface area contributed by atoms with Gasteiger partial charge in [0, 0.05) is 29.0 Å². The molecule has 0 heterocycles. The first kappa shape index (κ1) is 26.7. The second kappa shape index (κ2) is 13.8. The van der Waals surface area contributed by atoms with Crippen LogP contribution in [0.3, 0.4) is 0 Å². The van der Waals surface area contributed by atoms with Crippen molar-refractivity contribution in [2.24, 2.45) is 11.8 Å². The number of benzene rings is 2. The fourth-order valence-electron chi connectivity index (χ4n) is 1.96. The molecule has 0 aliphatic heterocycles. The van der Waals surface area contributed by atoms with Crippen molar-refractivity contribution in [1.82, 2.24) is 0 Å². The van der Waals surface area contributed by atoms with Crippen LogP contribution in [0.5, 0.6) is 0 Å². The van der Waals surface area contributed by atoms with Crippen molar-refractivity contribution in [3.63, 3.8) is 0 Å². The molecule has 0 amide bonds. The number of hydrogen-bond donors (Lipinski definition) is 0. The Hall–Kier alpha value is -2.29. The van der Waals surface area contributed by atoms with Gasteiger partial charge in [0.2, 0.25) is 0 Å². The third kappa shape index (κ3) is 11.3. The monoisotopic (exact) mass is 416 g/mol. The van der Waals surface area contributed by atoms with Crippen molar-refractivity contribution < 1.29 is 8.78 Å². The summed E-state index contributed by atoms with van der Waals surface area (Å²) in [6, 6.07) is 9.61. The predicted octanol–water partition coefficient (Wildman–Crippen LogP) is 8.04. The molecular weight excluding hydrogens is 386 g/mol. The van der Waals surface area contributed by atoms with E-state index in [4.69, 9.17) is 11.6 Å². The number of aryl methyl sites for hydroxylation is 1. The Morgan fingerprint density at radius 1 is 0.793 bits per heavy atom. The summed E-state index contributed by atoms with van der Waals surface area (Å²) in [6.07, 6.45) is 1.70. The van der Waals surface area contributed by atoms with E-state index < -0.39 is 11.6 Å². The van der Waals surface area contributed by atoms with E-state index >= 15 is 0 Å². The minimum atomic E-state index is -0.846. The maximum absolute atomic E-state index is 12.7. The summed E-state index contributed by atoms with van der Waals surface area (Å²) in [5.74, 6) is 11.4. The maximum Gasteiger partial charge on any atom is 0.160 e. The first-order valence-electron chi connectivity index (χ1n) is 9.38. The van der Waals surface area contributed by atoms with E-state index in [2.05, 4.69) is 51.4 Å². The van der Waals surface area contributed by atoms with Crippen LogP contribution in [0, 0.1) is 54.1 Å². The van der Waals surface area contributed by atoms with E-state index in [1.165, 1.54) is 6.07 Å². The van der Waals surface area contributed by atoms with Crippen LogP contribution in [0.4, 0.5) is 8.78 Å². The Morgan fingerprint density at radius 2 is 1.28 bits per heavy atom. The molecule has 0 nitrogen and oxygen atoms in total. The van der Waals surface area contributed by atoms with Crippen molar-refractivity contribution >= 4 is 11.6 Å². The third-order valence-electron chi connectivity index (χ3n) is 3.58. The molecule has 0 saturated heterocycles. The van der Waals surface area contributed by atoms with Crippen LogP contribution in [0.15, 0.2) is 36.4 Å². The van der Waals surface area contributed by atoms with Gasteiger partial charge in [-0.1, -0.05) is 76.5 Å². The summed E-state index contributed by atoms with van der Waals surface area (Å²) in [4.78, 5) is 0. The van der Waals surface area contributed by atoms with Crippen LogP contribution in [-0.2, 0) is 0 Å². The van der Waals surface area contributed by atoms with Crippen LogP contribution in [0.1, 0.15) is 64.7 Å². The summed E-state index contributed by atoms with van der Waals surface area (Å²) in [7, 11) is 0. The van der Waals surface area contributed by atoms with Crippen molar-refractivity contribution in [3.8, 4) is 23.7 Å². The normalized spacial score (nSPS) is 9.45. The molecule has 0 spiro atoms. The van der Waals surface area contributed by atoms with Gasteiger partial charge in [-0.2, -0.15) is 0 Å². The zero-order valence-corrected chi connectivity index (χ0v) is 17.9. The molecule has 0 aliphatic carbocycles. The Kier molecular flexibility index (Phi) is 12.7. The molecule has 0 unspecified atom stereocenters. The minimum absolute atomic E-state index is 0. The van der Waals surface area contributed by atoms with E-state index in [1.54, 1.807) is 0 Å². The van der Waals surface area contributed by atoms with Gasteiger partial charge in [-0.25, -0.2) is 8.78 Å². The molecule has 2 aromatic carbocycles. The molecular formula is C26H31ClF2. The quantitative estimate of drug-likeness (QED) is 0.434. The van der Waals surface area contributed by atoms with Crippen molar-refractivity contribution in [2.45, 2.75) is 54.9 Å². The average molecular weight is 417 g/mol. The van der Waals surface area contributed by atoms with Crippen LogP contribution >= 0.6 is 11.6 Å². The second-order valence-corrected chi connectivity index (χ2v) is 7.80. The smallest absolute Gasteiger partial charge is 0.160 e. The molecule has 2 aromatic rings. The van der Waals surface area contributed by atoms with Gasteiger partial charge >= 0.3 is 0 Å². The molecule has 2 rings (SSSR count). The van der Waals surface area contributed by atoms with Gasteiger partial charge in [-0.3, -0.25) is 0 Å². The average Bonchev–Trinajstić information content (AvgIpc) is 2.61. The van der Waals surface area contributed by atoms with Crippen LogP contribution in [0.2, 0.25) is 5.02 Å². The van der Waals surface area contributed by atoms with E-state index in [-0.39, 0.29) is 7.43 Å². The molecule has 3 heteroatoms. The Morgan fingerprint density at radius 3 is 1.72 bits per heavy atom. The summed E-state index contributed by atoms with van der Waals surface area (Å²) in [5, 5.41) is 0.793. The number of rotatable bonds is 2. The Labute approximate surface area is 180 Å². The summed E-state index contributed by atoms with van der Waals surface area (Å²) in [6.45, 7) is 10.4. The standard InChI is InChI=1S/C13H15Cl.C12H12F2.CH4/c1-10(2)5-4-6-12-8-7-11(3)13(14)9-12;1-9(2)4-3-5-10-6-7-11(13)12(14)8-10;/h7-10H,5H2,1-3H3;6-9H,4H2,1-2H3;1H4. The zero-order chi connectivity index (χ0) is 21.1. The summed E-state index contributed by atoms with van der Waals surface area (Å²) < 4.78 is 25.2. The molecule has 0 bridgehead atoms. The van der Waals surface area contributed by atoms with Crippen molar-refractivity contribution in [3.05, 3.63) is 69.7 Å². The molecule has 0 radical (unpaired) electrons. The predicted molar refractivity (Wildman–Crippen MR) is 122 cm³/mol. The second-order valence-electron chi connectivity index (χ2n) is 7.39. The lowest BCUT2D eigenvalue weighted by atomic mass is 10.1. The van der Waals surface area contributed by atoms with Gasteiger partial charge in [0.1, 0.15) is 0 Å². The van der Waals surface area contributed by atoms with E-state index in [1.807, 2.05) is 25.1 Å². The Balaban J connectivity index is 0.000000523. The molecule has 0 aliphatic rings. The maximum atomic E-state index is 12.7. The van der Waals surface area contributed by atoms with Gasteiger partial charge in [0.25, 0.3) is 0 Å².